The van der Waals surface area contributed by atoms with Gasteiger partial charge < -0.3 is 15.1 Å². The van der Waals surface area contributed by atoms with Crippen LogP contribution >= 0.6 is 22.9 Å². The molecule has 0 bridgehead atoms. The number of benzene rings is 1. The summed E-state index contributed by atoms with van der Waals surface area (Å²) in [5.41, 5.74) is 2.92. The fourth-order valence-electron chi connectivity index (χ4n) is 4.09. The third-order valence-corrected chi connectivity index (χ3v) is 7.37. The van der Waals surface area contributed by atoms with Gasteiger partial charge in [-0.25, -0.2) is 4.98 Å². The van der Waals surface area contributed by atoms with Crippen LogP contribution in [0.1, 0.15) is 35.9 Å². The molecule has 1 fully saturated rings. The van der Waals surface area contributed by atoms with Gasteiger partial charge in [0.25, 0.3) is 0 Å². The van der Waals surface area contributed by atoms with E-state index in [2.05, 4.69) is 10.2 Å². The van der Waals surface area contributed by atoms with Gasteiger partial charge in [0.2, 0.25) is 11.8 Å². The van der Waals surface area contributed by atoms with Crippen molar-refractivity contribution in [2.75, 3.05) is 36.4 Å². The number of rotatable bonds is 4. The van der Waals surface area contributed by atoms with Gasteiger partial charge in [-0.15, -0.1) is 11.3 Å². The molecule has 0 unspecified atom stereocenters. The highest BCUT2D eigenvalue weighted by molar-refractivity contribution is 7.15. The highest BCUT2D eigenvalue weighted by Gasteiger charge is 2.30. The number of aromatic nitrogens is 1. The molecule has 0 saturated carbocycles. The van der Waals surface area contributed by atoms with Gasteiger partial charge in [0.1, 0.15) is 0 Å². The number of hydrogen-bond acceptors (Lipinski definition) is 5. The lowest BCUT2D eigenvalue weighted by Gasteiger charge is -2.34. The second kappa shape index (κ2) is 8.94. The van der Waals surface area contributed by atoms with Crippen molar-refractivity contribution in [3.05, 3.63) is 39.4 Å². The zero-order valence-corrected chi connectivity index (χ0v) is 19.0. The quantitative estimate of drug-likeness (QED) is 0.773. The van der Waals surface area contributed by atoms with Crippen molar-refractivity contribution in [2.24, 2.45) is 5.92 Å². The molecule has 1 aromatic carbocycles. The van der Waals surface area contributed by atoms with Crippen LogP contribution in [0.4, 0.5) is 10.8 Å². The first-order chi connectivity index (χ1) is 14.4. The number of hydrogen-bond donors (Lipinski definition) is 1. The molecule has 1 N–H and O–H groups in total. The van der Waals surface area contributed by atoms with Crippen LogP contribution in [0.5, 0.6) is 0 Å². The van der Waals surface area contributed by atoms with E-state index in [0.29, 0.717) is 11.4 Å². The molecule has 4 rings (SSSR count). The number of fused-ring (bicyclic) bond motifs is 1. The Labute approximate surface area is 186 Å². The summed E-state index contributed by atoms with van der Waals surface area (Å²) < 4.78 is 0. The molecule has 2 aliphatic rings. The molecule has 2 aromatic rings. The maximum atomic E-state index is 12.8. The number of piperazine rings is 1. The Bertz CT molecular complexity index is 953. The highest BCUT2D eigenvalue weighted by Crippen LogP contribution is 2.35. The summed E-state index contributed by atoms with van der Waals surface area (Å²) >= 11 is 7.72. The Morgan fingerprint density at radius 1 is 1.27 bits per heavy atom. The second-order valence-electron chi connectivity index (χ2n) is 7.98. The van der Waals surface area contributed by atoms with E-state index in [1.807, 2.05) is 30.9 Å². The highest BCUT2D eigenvalue weighted by atomic mass is 35.5. The standard InChI is InChI=1S/C22H27ClN4O2S/c1-3-20(28)26-8-10-27(11-9-26)22-25-18-6-4-15(13-19(18)30-22)21(29)24-17-7-5-16(23)12-14(17)2/h5,7,12,15H,3-4,6,8-11,13H2,1-2H3,(H,24,29)/t15-/m0/s1. The van der Waals surface area contributed by atoms with E-state index < -0.39 is 0 Å². The fraction of sp³-hybridized carbons (Fsp3) is 0.500. The van der Waals surface area contributed by atoms with Gasteiger partial charge in [0, 0.05) is 54.1 Å². The normalized spacial score (nSPS) is 18.8. The van der Waals surface area contributed by atoms with Gasteiger partial charge in [0.15, 0.2) is 5.13 Å². The third kappa shape index (κ3) is 4.47. The number of carbonyl (C=O) groups is 2. The lowest BCUT2D eigenvalue weighted by molar-refractivity contribution is -0.131. The van der Waals surface area contributed by atoms with E-state index in [1.54, 1.807) is 17.4 Å². The number of thiazole rings is 1. The van der Waals surface area contributed by atoms with Crippen molar-refractivity contribution in [1.82, 2.24) is 9.88 Å². The maximum Gasteiger partial charge on any atom is 0.227 e. The molecule has 0 spiro atoms. The number of nitrogens with one attached hydrogen (secondary N) is 1. The van der Waals surface area contributed by atoms with E-state index in [0.717, 1.165) is 67.5 Å². The van der Waals surface area contributed by atoms with Crippen LogP contribution < -0.4 is 10.2 Å². The summed E-state index contributed by atoms with van der Waals surface area (Å²) in [6.07, 6.45) is 2.94. The number of halogens is 1. The molecule has 1 aliphatic heterocycles. The average molecular weight is 447 g/mol. The molecule has 1 aromatic heterocycles. The maximum absolute atomic E-state index is 12.8. The molecule has 2 heterocycles. The number of aryl methyl sites for hydroxylation is 2. The molecule has 0 radical (unpaired) electrons. The lowest BCUT2D eigenvalue weighted by Crippen LogP contribution is -2.48. The zero-order chi connectivity index (χ0) is 21.3. The molecule has 8 heteroatoms. The van der Waals surface area contributed by atoms with Gasteiger partial charge in [-0.1, -0.05) is 18.5 Å². The largest absolute Gasteiger partial charge is 0.345 e. The molecular weight excluding hydrogens is 420 g/mol. The van der Waals surface area contributed by atoms with E-state index in [1.165, 1.54) is 4.88 Å². The molecule has 160 valence electrons. The SMILES string of the molecule is CCC(=O)N1CCN(c2nc3c(s2)C[C@@H](C(=O)Nc2ccc(Cl)cc2C)CC3)CC1. The first kappa shape index (κ1) is 21.1. The van der Waals surface area contributed by atoms with Crippen LogP contribution in [-0.4, -0.2) is 47.9 Å². The molecule has 1 atom stereocenters. The van der Waals surface area contributed by atoms with E-state index >= 15 is 0 Å². The Morgan fingerprint density at radius 3 is 2.73 bits per heavy atom. The van der Waals surface area contributed by atoms with Gasteiger partial charge in [-0.05, 0) is 49.9 Å². The number of amides is 2. The smallest absolute Gasteiger partial charge is 0.227 e. The summed E-state index contributed by atoms with van der Waals surface area (Å²) in [6, 6.07) is 5.52. The summed E-state index contributed by atoms with van der Waals surface area (Å²) in [6.45, 7) is 6.99. The number of anilines is 2. The van der Waals surface area contributed by atoms with E-state index in [9.17, 15) is 9.59 Å². The summed E-state index contributed by atoms with van der Waals surface area (Å²) in [5, 5.41) is 4.77. The predicted octanol–water partition coefficient (Wildman–Crippen LogP) is 3.91. The summed E-state index contributed by atoms with van der Waals surface area (Å²) in [5.74, 6) is 0.241. The second-order valence-corrected chi connectivity index (χ2v) is 9.47. The van der Waals surface area contributed by atoms with Crippen LogP contribution in [0.15, 0.2) is 18.2 Å². The minimum absolute atomic E-state index is 0.0418. The average Bonchev–Trinajstić information content (AvgIpc) is 3.18. The molecular formula is C22H27ClN4O2S. The first-order valence-electron chi connectivity index (χ1n) is 10.5. The van der Waals surface area contributed by atoms with Crippen LogP contribution in [0.2, 0.25) is 5.02 Å². The van der Waals surface area contributed by atoms with Gasteiger partial charge in [-0.3, -0.25) is 9.59 Å². The van der Waals surface area contributed by atoms with Crippen molar-refractivity contribution < 1.29 is 9.59 Å². The first-order valence-corrected chi connectivity index (χ1v) is 11.7. The number of carbonyl (C=O) groups excluding carboxylic acids is 2. The van der Waals surface area contributed by atoms with Crippen molar-refractivity contribution in [3.63, 3.8) is 0 Å². The van der Waals surface area contributed by atoms with Gasteiger partial charge in [-0.2, -0.15) is 0 Å². The van der Waals surface area contributed by atoms with Crippen molar-refractivity contribution in [1.29, 1.82) is 0 Å². The van der Waals surface area contributed by atoms with Gasteiger partial charge in [0.05, 0.1) is 5.69 Å². The summed E-state index contributed by atoms with van der Waals surface area (Å²) in [4.78, 5) is 35.0. The lowest BCUT2D eigenvalue weighted by atomic mass is 9.90. The molecule has 1 aliphatic carbocycles. The topological polar surface area (TPSA) is 65.5 Å². The Morgan fingerprint density at radius 2 is 2.03 bits per heavy atom. The van der Waals surface area contributed by atoms with Crippen LogP contribution in [0, 0.1) is 12.8 Å². The molecule has 2 amide bonds. The Kier molecular flexibility index (Phi) is 6.29. The number of nitrogens with zero attached hydrogens (tertiary/aromatic N) is 3. The van der Waals surface area contributed by atoms with E-state index in [4.69, 9.17) is 16.6 Å². The van der Waals surface area contributed by atoms with E-state index in [-0.39, 0.29) is 17.7 Å². The fourth-order valence-corrected chi connectivity index (χ4v) is 5.56. The third-order valence-electron chi connectivity index (χ3n) is 5.95. The monoisotopic (exact) mass is 446 g/mol. The Balaban J connectivity index is 1.38. The van der Waals surface area contributed by atoms with Crippen molar-refractivity contribution >= 4 is 45.6 Å². The minimum atomic E-state index is -0.0418. The minimum Gasteiger partial charge on any atom is -0.345 e. The van der Waals surface area contributed by atoms with Crippen LogP contribution in [-0.2, 0) is 22.4 Å². The molecule has 1 saturated heterocycles. The zero-order valence-electron chi connectivity index (χ0n) is 17.4. The Hall–Kier alpha value is -2.12. The molecule has 6 nitrogen and oxygen atoms in total. The predicted molar refractivity (Wildman–Crippen MR) is 122 cm³/mol. The molecule has 30 heavy (non-hydrogen) atoms. The van der Waals surface area contributed by atoms with Crippen LogP contribution in [0.25, 0.3) is 0 Å². The van der Waals surface area contributed by atoms with Crippen molar-refractivity contribution in [3.8, 4) is 0 Å². The van der Waals surface area contributed by atoms with Gasteiger partial charge >= 0.3 is 0 Å². The van der Waals surface area contributed by atoms with Crippen molar-refractivity contribution in [2.45, 2.75) is 39.5 Å². The summed E-state index contributed by atoms with van der Waals surface area (Å²) in [7, 11) is 0. The van der Waals surface area contributed by atoms with Crippen LogP contribution in [0.3, 0.4) is 0 Å².